The van der Waals surface area contributed by atoms with Crippen LogP contribution in [0.4, 0.5) is 0 Å². The van der Waals surface area contributed by atoms with Crippen LogP contribution in [0.25, 0.3) is 22.2 Å². The van der Waals surface area contributed by atoms with Gasteiger partial charge in [-0.15, -0.1) is 0 Å². The quantitative estimate of drug-likeness (QED) is 0.648. The molecular weight excluding hydrogens is 244 g/mol. The Hall–Kier alpha value is -1.93. The van der Waals surface area contributed by atoms with Crippen LogP contribution in [0.3, 0.4) is 0 Å². The van der Waals surface area contributed by atoms with Gasteiger partial charge in [-0.25, -0.2) is 9.97 Å². The van der Waals surface area contributed by atoms with Gasteiger partial charge in [-0.2, -0.15) is 0 Å². The van der Waals surface area contributed by atoms with E-state index < -0.39 is 0 Å². The molecule has 18 heavy (non-hydrogen) atoms. The van der Waals surface area contributed by atoms with Crippen LogP contribution in [0.1, 0.15) is 5.82 Å². The van der Waals surface area contributed by atoms with Crippen molar-refractivity contribution in [1.29, 1.82) is 0 Å². The van der Waals surface area contributed by atoms with Gasteiger partial charge in [0, 0.05) is 10.9 Å². The molecule has 0 spiro atoms. The number of halogens is 1. The van der Waals surface area contributed by atoms with Crippen LogP contribution >= 0.6 is 11.6 Å². The summed E-state index contributed by atoms with van der Waals surface area (Å²) >= 11 is 6.20. The summed E-state index contributed by atoms with van der Waals surface area (Å²) in [4.78, 5) is 8.96. The summed E-state index contributed by atoms with van der Waals surface area (Å²) in [5.74, 6) is 0.731. The van der Waals surface area contributed by atoms with E-state index in [1.165, 1.54) is 0 Å². The number of nitrogens with zero attached hydrogens (tertiary/aromatic N) is 2. The number of aromatic nitrogens is 2. The van der Waals surface area contributed by atoms with Gasteiger partial charge in [-0.1, -0.05) is 54.1 Å². The highest BCUT2D eigenvalue weighted by molar-refractivity contribution is 6.35. The topological polar surface area (TPSA) is 25.8 Å². The van der Waals surface area contributed by atoms with Gasteiger partial charge in [0.1, 0.15) is 5.82 Å². The average molecular weight is 255 g/mol. The van der Waals surface area contributed by atoms with Gasteiger partial charge in [0.2, 0.25) is 0 Å². The molecular formula is C15H11ClN2. The second kappa shape index (κ2) is 4.39. The van der Waals surface area contributed by atoms with Crippen LogP contribution in [0.5, 0.6) is 0 Å². The van der Waals surface area contributed by atoms with E-state index in [-0.39, 0.29) is 0 Å². The predicted octanol–water partition coefficient (Wildman–Crippen LogP) is 4.26. The van der Waals surface area contributed by atoms with E-state index in [0.29, 0.717) is 5.02 Å². The van der Waals surface area contributed by atoms with Gasteiger partial charge in [0.15, 0.2) is 0 Å². The molecule has 1 aromatic heterocycles. The Balaban J connectivity index is 2.39. The zero-order chi connectivity index (χ0) is 12.5. The molecule has 88 valence electrons. The normalized spacial score (nSPS) is 10.8. The third kappa shape index (κ3) is 1.85. The van der Waals surface area contributed by atoms with Gasteiger partial charge in [0.05, 0.1) is 16.2 Å². The lowest BCUT2D eigenvalue weighted by molar-refractivity contribution is 1.10. The first-order chi connectivity index (χ1) is 8.75. The van der Waals surface area contributed by atoms with Crippen molar-refractivity contribution < 1.29 is 0 Å². The average Bonchev–Trinajstić information content (AvgIpc) is 2.40. The van der Waals surface area contributed by atoms with E-state index in [4.69, 9.17) is 11.6 Å². The molecule has 0 fully saturated rings. The van der Waals surface area contributed by atoms with Gasteiger partial charge in [-0.05, 0) is 13.0 Å². The van der Waals surface area contributed by atoms with Crippen molar-refractivity contribution in [2.24, 2.45) is 0 Å². The van der Waals surface area contributed by atoms with Gasteiger partial charge >= 0.3 is 0 Å². The summed E-state index contributed by atoms with van der Waals surface area (Å²) in [7, 11) is 0. The lowest BCUT2D eigenvalue weighted by atomic mass is 10.1. The van der Waals surface area contributed by atoms with Gasteiger partial charge in [0.25, 0.3) is 0 Å². The summed E-state index contributed by atoms with van der Waals surface area (Å²) in [6, 6.07) is 15.9. The first-order valence-corrected chi connectivity index (χ1v) is 6.12. The van der Waals surface area contributed by atoms with Crippen LogP contribution in [0.2, 0.25) is 5.02 Å². The molecule has 0 aliphatic carbocycles. The van der Waals surface area contributed by atoms with Crippen LogP contribution in [0, 0.1) is 6.92 Å². The molecule has 2 nitrogen and oxygen atoms in total. The molecule has 0 amide bonds. The highest BCUT2D eigenvalue weighted by Gasteiger charge is 2.09. The molecule has 0 saturated carbocycles. The highest BCUT2D eigenvalue weighted by atomic mass is 35.5. The maximum absolute atomic E-state index is 6.20. The largest absolute Gasteiger partial charge is 0.233 e. The van der Waals surface area contributed by atoms with Crippen molar-refractivity contribution in [3.8, 4) is 11.3 Å². The molecule has 3 heteroatoms. The molecule has 0 unspecified atom stereocenters. The predicted molar refractivity (Wildman–Crippen MR) is 74.7 cm³/mol. The summed E-state index contributed by atoms with van der Waals surface area (Å²) in [5.41, 5.74) is 2.82. The Morgan fingerprint density at radius 3 is 2.44 bits per heavy atom. The SMILES string of the molecule is Cc1nc(-c2ccccc2)c2cccc(Cl)c2n1. The Kier molecular flexibility index (Phi) is 2.73. The lowest BCUT2D eigenvalue weighted by Gasteiger charge is -2.07. The van der Waals surface area contributed by atoms with E-state index in [9.17, 15) is 0 Å². The fraction of sp³-hybridized carbons (Fsp3) is 0.0667. The monoisotopic (exact) mass is 254 g/mol. The van der Waals surface area contributed by atoms with Crippen LogP contribution in [-0.2, 0) is 0 Å². The molecule has 3 aromatic rings. The number of fused-ring (bicyclic) bond motifs is 1. The van der Waals surface area contributed by atoms with Crippen LogP contribution < -0.4 is 0 Å². The molecule has 1 heterocycles. The summed E-state index contributed by atoms with van der Waals surface area (Å²) in [5, 5.41) is 1.65. The lowest BCUT2D eigenvalue weighted by Crippen LogP contribution is -1.94. The Bertz CT molecular complexity index is 708. The van der Waals surface area contributed by atoms with Crippen molar-refractivity contribution in [1.82, 2.24) is 9.97 Å². The van der Waals surface area contributed by atoms with Gasteiger partial charge < -0.3 is 0 Å². The minimum Gasteiger partial charge on any atom is -0.233 e. The fourth-order valence-corrected chi connectivity index (χ4v) is 2.26. The Morgan fingerprint density at radius 1 is 0.889 bits per heavy atom. The molecule has 0 radical (unpaired) electrons. The maximum Gasteiger partial charge on any atom is 0.126 e. The summed E-state index contributed by atoms with van der Waals surface area (Å²) in [6.45, 7) is 1.88. The van der Waals surface area contributed by atoms with Crippen LogP contribution in [0.15, 0.2) is 48.5 Å². The Labute approximate surface area is 110 Å². The zero-order valence-corrected chi connectivity index (χ0v) is 10.6. The van der Waals surface area contributed by atoms with E-state index in [1.54, 1.807) is 0 Å². The highest BCUT2D eigenvalue weighted by Crippen LogP contribution is 2.29. The second-order valence-electron chi connectivity index (χ2n) is 4.12. The number of para-hydroxylation sites is 1. The van der Waals surface area contributed by atoms with Crippen LogP contribution in [-0.4, -0.2) is 9.97 Å². The molecule has 0 bridgehead atoms. The molecule has 0 atom stereocenters. The van der Waals surface area contributed by atoms with Crippen molar-refractivity contribution >= 4 is 22.5 Å². The number of rotatable bonds is 1. The second-order valence-corrected chi connectivity index (χ2v) is 4.53. The van der Waals surface area contributed by atoms with Gasteiger partial charge in [-0.3, -0.25) is 0 Å². The number of hydrogen-bond donors (Lipinski definition) is 0. The first-order valence-electron chi connectivity index (χ1n) is 5.74. The molecule has 0 aliphatic rings. The number of aryl methyl sites for hydroxylation is 1. The van der Waals surface area contributed by atoms with E-state index >= 15 is 0 Å². The molecule has 0 aliphatic heterocycles. The van der Waals surface area contributed by atoms with Crippen molar-refractivity contribution in [2.75, 3.05) is 0 Å². The zero-order valence-electron chi connectivity index (χ0n) is 9.89. The van der Waals surface area contributed by atoms with E-state index in [2.05, 4.69) is 9.97 Å². The fourth-order valence-electron chi connectivity index (χ4n) is 2.04. The molecule has 3 rings (SSSR count). The minimum atomic E-state index is 0.662. The maximum atomic E-state index is 6.20. The third-order valence-electron chi connectivity index (χ3n) is 2.84. The third-order valence-corrected chi connectivity index (χ3v) is 3.14. The standard InChI is InChI=1S/C15H11ClN2/c1-10-17-14(11-6-3-2-4-7-11)12-8-5-9-13(16)15(12)18-10/h2-9H,1H3. The number of hydrogen-bond acceptors (Lipinski definition) is 2. The smallest absolute Gasteiger partial charge is 0.126 e. The Morgan fingerprint density at radius 2 is 1.67 bits per heavy atom. The molecule has 2 aromatic carbocycles. The van der Waals surface area contributed by atoms with Crippen molar-refractivity contribution in [2.45, 2.75) is 6.92 Å². The minimum absolute atomic E-state index is 0.662. The van der Waals surface area contributed by atoms with E-state index in [0.717, 1.165) is 28.0 Å². The van der Waals surface area contributed by atoms with E-state index in [1.807, 2.05) is 55.5 Å². The molecule has 0 N–H and O–H groups in total. The van der Waals surface area contributed by atoms with Crippen molar-refractivity contribution in [3.63, 3.8) is 0 Å². The van der Waals surface area contributed by atoms with Crippen molar-refractivity contribution in [3.05, 3.63) is 59.4 Å². The molecule has 0 saturated heterocycles. The first kappa shape index (κ1) is 11.2. The summed E-state index contributed by atoms with van der Waals surface area (Å²) in [6.07, 6.45) is 0. The number of benzene rings is 2. The summed E-state index contributed by atoms with van der Waals surface area (Å²) < 4.78 is 0.